The lowest BCUT2D eigenvalue weighted by Crippen LogP contribution is -2.10. The molecule has 2 atom stereocenters. The molecule has 0 aliphatic carbocycles. The van der Waals surface area contributed by atoms with E-state index in [1.807, 2.05) is 0 Å². The highest BCUT2D eigenvalue weighted by Crippen LogP contribution is 2.27. The minimum Gasteiger partial charge on any atom is -0.368 e. The lowest BCUT2D eigenvalue weighted by atomic mass is 10.2. The summed E-state index contributed by atoms with van der Waals surface area (Å²) >= 11 is 0. The van der Waals surface area contributed by atoms with Crippen molar-refractivity contribution in [3.05, 3.63) is 0 Å². The number of ether oxygens (including phenoxy) is 1. The van der Waals surface area contributed by atoms with E-state index in [1.165, 1.54) is 6.26 Å². The number of hydrogen-bond acceptors (Lipinski definition) is 3. The van der Waals surface area contributed by atoms with E-state index in [1.54, 1.807) is 0 Å². The molecule has 3 nitrogen and oxygen atoms in total. The molecule has 0 radical (unpaired) electrons. The van der Waals surface area contributed by atoms with Crippen LogP contribution in [0.1, 0.15) is 19.8 Å². The van der Waals surface area contributed by atoms with Crippen molar-refractivity contribution in [2.45, 2.75) is 32.0 Å². The van der Waals surface area contributed by atoms with Gasteiger partial charge < -0.3 is 4.74 Å². The Kier molecular flexibility index (Phi) is 2.54. The van der Waals surface area contributed by atoms with Gasteiger partial charge in [-0.05, 0) is 6.42 Å². The minimum absolute atomic E-state index is 0.00931. The second kappa shape index (κ2) is 3.11. The molecule has 0 aromatic carbocycles. The first kappa shape index (κ1) is 9.00. The first-order chi connectivity index (χ1) is 5.03. The predicted octanol–water partition coefficient (Wildman–Crippen LogP) is 0.599. The Bertz CT molecular complexity index is 220. The van der Waals surface area contributed by atoms with Crippen LogP contribution in [-0.2, 0) is 14.6 Å². The van der Waals surface area contributed by atoms with Crippen LogP contribution in [0.15, 0.2) is 0 Å². The summed E-state index contributed by atoms with van der Waals surface area (Å²) in [7, 11) is -2.84. The highest BCUT2D eigenvalue weighted by Gasteiger charge is 2.39. The fourth-order valence-corrected chi connectivity index (χ4v) is 2.05. The third-order valence-corrected chi connectivity index (χ3v) is 2.66. The van der Waals surface area contributed by atoms with Crippen LogP contribution >= 0.6 is 0 Å². The van der Waals surface area contributed by atoms with Crippen LogP contribution in [0.2, 0.25) is 0 Å². The van der Waals surface area contributed by atoms with Gasteiger partial charge in [-0.3, -0.25) is 0 Å². The standard InChI is InChI=1S/C7H14O3S/c1-3-4-6-7(10-6)5-11(2,8)9/h6-7H,3-5H2,1-2H3/t6-,7-/m0/s1. The normalized spacial score (nSPS) is 30.4. The van der Waals surface area contributed by atoms with Crippen LogP contribution in [0.3, 0.4) is 0 Å². The van der Waals surface area contributed by atoms with Gasteiger partial charge in [0.2, 0.25) is 0 Å². The van der Waals surface area contributed by atoms with Crippen molar-refractivity contribution in [3.63, 3.8) is 0 Å². The first-order valence-corrected chi connectivity index (χ1v) is 5.92. The molecule has 1 saturated heterocycles. The molecule has 1 fully saturated rings. The Hall–Kier alpha value is -0.0900. The molecular weight excluding hydrogens is 164 g/mol. The van der Waals surface area contributed by atoms with Crippen molar-refractivity contribution in [1.82, 2.24) is 0 Å². The van der Waals surface area contributed by atoms with Crippen molar-refractivity contribution in [3.8, 4) is 0 Å². The van der Waals surface area contributed by atoms with Crippen molar-refractivity contribution < 1.29 is 13.2 Å². The van der Waals surface area contributed by atoms with Gasteiger partial charge in [-0.2, -0.15) is 0 Å². The van der Waals surface area contributed by atoms with Gasteiger partial charge in [-0.15, -0.1) is 0 Å². The molecule has 0 amide bonds. The van der Waals surface area contributed by atoms with Crippen LogP contribution in [0.5, 0.6) is 0 Å². The van der Waals surface area contributed by atoms with E-state index >= 15 is 0 Å². The molecule has 0 saturated carbocycles. The summed E-state index contributed by atoms with van der Waals surface area (Å²) in [4.78, 5) is 0. The van der Waals surface area contributed by atoms with Gasteiger partial charge in [0.15, 0.2) is 0 Å². The summed E-state index contributed by atoms with van der Waals surface area (Å²) in [5, 5.41) is 0. The van der Waals surface area contributed by atoms with E-state index in [0.29, 0.717) is 0 Å². The molecule has 1 aliphatic rings. The van der Waals surface area contributed by atoms with Gasteiger partial charge >= 0.3 is 0 Å². The van der Waals surface area contributed by atoms with E-state index in [0.717, 1.165) is 12.8 Å². The number of rotatable bonds is 4. The molecule has 1 aliphatic heterocycles. The second-order valence-electron chi connectivity index (χ2n) is 3.09. The fourth-order valence-electron chi connectivity index (χ4n) is 1.16. The molecule has 0 aromatic rings. The molecule has 0 spiro atoms. The molecule has 11 heavy (non-hydrogen) atoms. The Balaban J connectivity index is 2.24. The van der Waals surface area contributed by atoms with Crippen LogP contribution in [0, 0.1) is 0 Å². The van der Waals surface area contributed by atoms with Crippen molar-refractivity contribution in [2.75, 3.05) is 12.0 Å². The zero-order chi connectivity index (χ0) is 8.48. The maximum atomic E-state index is 10.8. The molecule has 1 heterocycles. The van der Waals surface area contributed by atoms with Crippen LogP contribution < -0.4 is 0 Å². The monoisotopic (exact) mass is 178 g/mol. The van der Waals surface area contributed by atoms with Gasteiger partial charge in [0.25, 0.3) is 0 Å². The fraction of sp³-hybridized carbons (Fsp3) is 1.00. The highest BCUT2D eigenvalue weighted by atomic mass is 32.2. The van der Waals surface area contributed by atoms with Crippen molar-refractivity contribution in [1.29, 1.82) is 0 Å². The molecule has 0 unspecified atom stereocenters. The summed E-state index contributed by atoms with van der Waals surface area (Å²) in [6.45, 7) is 2.07. The summed E-state index contributed by atoms with van der Waals surface area (Å²) < 4.78 is 26.7. The molecule has 0 aromatic heterocycles. The zero-order valence-electron chi connectivity index (χ0n) is 6.91. The largest absolute Gasteiger partial charge is 0.368 e. The maximum Gasteiger partial charge on any atom is 0.150 e. The number of epoxide rings is 1. The highest BCUT2D eigenvalue weighted by molar-refractivity contribution is 7.90. The van der Waals surface area contributed by atoms with E-state index in [4.69, 9.17) is 4.74 Å². The lowest BCUT2D eigenvalue weighted by Gasteiger charge is -1.90. The van der Waals surface area contributed by atoms with E-state index in [2.05, 4.69) is 6.92 Å². The summed E-state index contributed by atoms with van der Waals surface area (Å²) in [6.07, 6.45) is 3.50. The van der Waals surface area contributed by atoms with Gasteiger partial charge in [0, 0.05) is 6.26 Å². The third kappa shape index (κ3) is 3.20. The molecule has 0 bridgehead atoms. The number of hydrogen-bond donors (Lipinski definition) is 0. The van der Waals surface area contributed by atoms with E-state index in [9.17, 15) is 8.42 Å². The number of sulfone groups is 1. The van der Waals surface area contributed by atoms with E-state index < -0.39 is 9.84 Å². The Labute approximate surface area is 67.7 Å². The van der Waals surface area contributed by atoms with Crippen LogP contribution in [-0.4, -0.2) is 32.6 Å². The SMILES string of the molecule is CCC[C@@H]1O[C@H]1CS(C)(=O)=O. The van der Waals surface area contributed by atoms with E-state index in [-0.39, 0.29) is 18.0 Å². The van der Waals surface area contributed by atoms with Crippen molar-refractivity contribution >= 4 is 9.84 Å². The Morgan fingerprint density at radius 2 is 2.00 bits per heavy atom. The Morgan fingerprint density at radius 1 is 1.36 bits per heavy atom. The van der Waals surface area contributed by atoms with Gasteiger partial charge in [-0.25, -0.2) is 8.42 Å². The van der Waals surface area contributed by atoms with Crippen LogP contribution in [0.4, 0.5) is 0 Å². The maximum absolute atomic E-state index is 10.8. The zero-order valence-corrected chi connectivity index (χ0v) is 7.73. The topological polar surface area (TPSA) is 46.7 Å². The first-order valence-electron chi connectivity index (χ1n) is 3.86. The minimum atomic E-state index is -2.84. The molecular formula is C7H14O3S. The third-order valence-electron chi connectivity index (χ3n) is 1.73. The van der Waals surface area contributed by atoms with Gasteiger partial charge in [0.1, 0.15) is 9.84 Å². The smallest absolute Gasteiger partial charge is 0.150 e. The quantitative estimate of drug-likeness (QED) is 0.592. The predicted molar refractivity (Wildman–Crippen MR) is 43.3 cm³/mol. The lowest BCUT2D eigenvalue weighted by molar-refractivity contribution is 0.369. The summed E-state index contributed by atoms with van der Waals surface area (Å²) in [5.41, 5.74) is 0. The van der Waals surface area contributed by atoms with Crippen molar-refractivity contribution in [2.24, 2.45) is 0 Å². The van der Waals surface area contributed by atoms with Gasteiger partial charge in [-0.1, -0.05) is 13.3 Å². The molecule has 1 rings (SSSR count). The van der Waals surface area contributed by atoms with Gasteiger partial charge in [0.05, 0.1) is 18.0 Å². The molecule has 66 valence electrons. The molecule has 0 N–H and O–H groups in total. The van der Waals surface area contributed by atoms with Crippen LogP contribution in [0.25, 0.3) is 0 Å². The average molecular weight is 178 g/mol. The second-order valence-corrected chi connectivity index (χ2v) is 5.28. The summed E-state index contributed by atoms with van der Waals surface area (Å²) in [5.74, 6) is 0.192. The average Bonchev–Trinajstić information content (AvgIpc) is 2.44. The summed E-state index contributed by atoms with van der Waals surface area (Å²) in [6, 6.07) is 0. The molecule has 4 heteroatoms. The Morgan fingerprint density at radius 3 is 2.45 bits per heavy atom.